The lowest BCUT2D eigenvalue weighted by atomic mass is 9.79. The van der Waals surface area contributed by atoms with Crippen LogP contribution in [0.1, 0.15) is 37.8 Å². The van der Waals surface area contributed by atoms with Gasteiger partial charge in [-0.2, -0.15) is 0 Å². The highest BCUT2D eigenvalue weighted by Gasteiger charge is 2.37. The third-order valence-corrected chi connectivity index (χ3v) is 4.07. The van der Waals surface area contributed by atoms with Gasteiger partial charge in [0.15, 0.2) is 0 Å². The fourth-order valence-electron chi connectivity index (χ4n) is 3.12. The van der Waals surface area contributed by atoms with Crippen LogP contribution in [0.3, 0.4) is 0 Å². The first-order valence-corrected chi connectivity index (χ1v) is 6.15. The third kappa shape index (κ3) is 1.32. The van der Waals surface area contributed by atoms with Crippen LogP contribution in [-0.2, 0) is 5.41 Å². The van der Waals surface area contributed by atoms with Crippen LogP contribution < -0.4 is 0 Å². The smallest absolute Gasteiger partial charge is 0.0155 e. The summed E-state index contributed by atoms with van der Waals surface area (Å²) in [5.74, 6) is 2.81. The van der Waals surface area contributed by atoms with Crippen LogP contribution >= 0.6 is 0 Å². The Morgan fingerprint density at radius 3 is 2.71 bits per heavy atom. The van der Waals surface area contributed by atoms with E-state index in [9.17, 15) is 0 Å². The van der Waals surface area contributed by atoms with Gasteiger partial charge in [-0.05, 0) is 41.2 Å². The SMILES string of the molecule is C#CC1=CC2=C(CC1)c1ccccc1C2(C)C. The lowest BCUT2D eigenvalue weighted by Gasteiger charge is -2.24. The molecule has 0 aromatic heterocycles. The molecule has 0 bridgehead atoms. The van der Waals surface area contributed by atoms with Gasteiger partial charge in [-0.1, -0.05) is 44.0 Å². The summed E-state index contributed by atoms with van der Waals surface area (Å²) in [7, 11) is 0. The molecule has 84 valence electrons. The molecule has 0 amide bonds. The molecule has 0 atom stereocenters. The van der Waals surface area contributed by atoms with Crippen LogP contribution in [0.25, 0.3) is 5.57 Å². The maximum atomic E-state index is 5.54. The predicted octanol–water partition coefficient (Wildman–Crippen LogP) is 4.08. The normalized spacial score (nSPS) is 20.4. The molecule has 17 heavy (non-hydrogen) atoms. The summed E-state index contributed by atoms with van der Waals surface area (Å²) in [6.45, 7) is 4.59. The van der Waals surface area contributed by atoms with Gasteiger partial charge >= 0.3 is 0 Å². The number of fused-ring (bicyclic) bond motifs is 2. The van der Waals surface area contributed by atoms with Crippen LogP contribution in [0.4, 0.5) is 0 Å². The van der Waals surface area contributed by atoms with Crippen LogP contribution in [-0.4, -0.2) is 0 Å². The van der Waals surface area contributed by atoms with Crippen molar-refractivity contribution in [1.29, 1.82) is 0 Å². The zero-order chi connectivity index (χ0) is 12.0. The molecule has 0 saturated heterocycles. The Morgan fingerprint density at radius 1 is 1.18 bits per heavy atom. The Kier molecular flexibility index (Phi) is 2.07. The van der Waals surface area contributed by atoms with E-state index in [2.05, 4.69) is 50.1 Å². The molecule has 0 aliphatic heterocycles. The molecule has 0 spiro atoms. The molecule has 0 heterocycles. The number of terminal acetylenes is 1. The summed E-state index contributed by atoms with van der Waals surface area (Å²) >= 11 is 0. The monoisotopic (exact) mass is 220 g/mol. The lowest BCUT2D eigenvalue weighted by Crippen LogP contribution is -2.17. The minimum Gasteiger partial charge on any atom is -0.115 e. The van der Waals surface area contributed by atoms with E-state index in [4.69, 9.17) is 6.42 Å². The maximum Gasteiger partial charge on any atom is 0.0155 e. The highest BCUT2D eigenvalue weighted by Crippen LogP contribution is 2.50. The van der Waals surface area contributed by atoms with E-state index in [1.54, 1.807) is 0 Å². The van der Waals surface area contributed by atoms with Crippen LogP contribution in [0, 0.1) is 12.3 Å². The molecule has 0 N–H and O–H groups in total. The molecule has 0 radical (unpaired) electrons. The molecule has 0 heteroatoms. The largest absolute Gasteiger partial charge is 0.115 e. The van der Waals surface area contributed by atoms with Crippen LogP contribution in [0.5, 0.6) is 0 Å². The Labute approximate surface area is 103 Å². The Morgan fingerprint density at radius 2 is 1.94 bits per heavy atom. The molecule has 2 aliphatic carbocycles. The Hall–Kier alpha value is -1.74. The van der Waals surface area contributed by atoms with Gasteiger partial charge in [0.05, 0.1) is 0 Å². The highest BCUT2D eigenvalue weighted by molar-refractivity contribution is 5.83. The van der Waals surface area contributed by atoms with Gasteiger partial charge in [-0.15, -0.1) is 6.42 Å². The van der Waals surface area contributed by atoms with Gasteiger partial charge in [-0.3, -0.25) is 0 Å². The fourth-order valence-corrected chi connectivity index (χ4v) is 3.12. The van der Waals surface area contributed by atoms with Crippen molar-refractivity contribution in [2.45, 2.75) is 32.1 Å². The summed E-state index contributed by atoms with van der Waals surface area (Å²) in [6, 6.07) is 8.75. The van der Waals surface area contributed by atoms with Crippen molar-refractivity contribution in [3.8, 4) is 12.3 Å². The summed E-state index contributed by atoms with van der Waals surface area (Å²) in [4.78, 5) is 0. The summed E-state index contributed by atoms with van der Waals surface area (Å²) in [6.07, 6.45) is 9.88. The topological polar surface area (TPSA) is 0 Å². The number of benzene rings is 1. The number of rotatable bonds is 0. The molecular weight excluding hydrogens is 204 g/mol. The molecule has 2 aliphatic rings. The second-order valence-corrected chi connectivity index (χ2v) is 5.38. The molecule has 3 rings (SSSR count). The number of hydrogen-bond acceptors (Lipinski definition) is 0. The molecule has 1 aromatic carbocycles. The van der Waals surface area contributed by atoms with E-state index in [1.807, 2.05) is 0 Å². The second-order valence-electron chi connectivity index (χ2n) is 5.38. The predicted molar refractivity (Wildman–Crippen MR) is 72.5 cm³/mol. The lowest BCUT2D eigenvalue weighted by molar-refractivity contribution is 0.650. The van der Waals surface area contributed by atoms with Gasteiger partial charge in [0.25, 0.3) is 0 Å². The maximum absolute atomic E-state index is 5.54. The van der Waals surface area contributed by atoms with E-state index in [0.29, 0.717) is 0 Å². The Bertz CT molecular complexity index is 589. The fraction of sp³-hybridized carbons (Fsp3) is 0.294. The average Bonchev–Trinajstić information content (AvgIpc) is 2.59. The summed E-state index contributed by atoms with van der Waals surface area (Å²) < 4.78 is 0. The quantitative estimate of drug-likeness (QED) is 0.578. The first kappa shape index (κ1) is 10.4. The standard InChI is InChI=1S/C17H16/c1-4-12-9-10-14-13-7-5-6-8-15(13)17(2,3)16(14)11-12/h1,5-8,11H,9-10H2,2-3H3. The second kappa shape index (κ2) is 3.37. The number of allylic oxidation sites excluding steroid dienone is 4. The van der Waals surface area contributed by atoms with E-state index in [0.717, 1.165) is 18.4 Å². The molecule has 0 saturated carbocycles. The van der Waals surface area contributed by atoms with Crippen LogP contribution in [0.2, 0.25) is 0 Å². The molecule has 0 unspecified atom stereocenters. The molecule has 0 nitrogen and oxygen atoms in total. The van der Waals surface area contributed by atoms with E-state index in [1.165, 1.54) is 22.3 Å². The zero-order valence-corrected chi connectivity index (χ0v) is 10.4. The van der Waals surface area contributed by atoms with Crippen LogP contribution in [0.15, 0.2) is 41.5 Å². The molecule has 0 fully saturated rings. The minimum atomic E-state index is 0.106. The summed E-state index contributed by atoms with van der Waals surface area (Å²) in [5.41, 5.74) is 7.06. The third-order valence-electron chi connectivity index (χ3n) is 4.07. The van der Waals surface area contributed by atoms with Gasteiger partial charge in [0, 0.05) is 11.0 Å². The highest BCUT2D eigenvalue weighted by atomic mass is 14.4. The van der Waals surface area contributed by atoms with E-state index in [-0.39, 0.29) is 5.41 Å². The van der Waals surface area contributed by atoms with Crippen molar-refractivity contribution in [2.24, 2.45) is 0 Å². The minimum absolute atomic E-state index is 0.106. The van der Waals surface area contributed by atoms with Crippen molar-refractivity contribution < 1.29 is 0 Å². The Balaban J connectivity index is 2.25. The van der Waals surface area contributed by atoms with Crippen molar-refractivity contribution in [3.63, 3.8) is 0 Å². The van der Waals surface area contributed by atoms with E-state index >= 15 is 0 Å². The zero-order valence-electron chi connectivity index (χ0n) is 10.4. The average molecular weight is 220 g/mol. The molecule has 1 aromatic rings. The van der Waals surface area contributed by atoms with Crippen molar-refractivity contribution in [2.75, 3.05) is 0 Å². The van der Waals surface area contributed by atoms with E-state index < -0.39 is 0 Å². The first-order valence-electron chi connectivity index (χ1n) is 6.15. The van der Waals surface area contributed by atoms with Gasteiger partial charge < -0.3 is 0 Å². The van der Waals surface area contributed by atoms with Crippen molar-refractivity contribution in [3.05, 3.63) is 52.6 Å². The van der Waals surface area contributed by atoms with Gasteiger partial charge in [0.1, 0.15) is 0 Å². The van der Waals surface area contributed by atoms with Crippen molar-refractivity contribution in [1.82, 2.24) is 0 Å². The van der Waals surface area contributed by atoms with Crippen molar-refractivity contribution >= 4 is 5.57 Å². The summed E-state index contributed by atoms with van der Waals surface area (Å²) in [5, 5.41) is 0. The number of hydrogen-bond donors (Lipinski definition) is 0. The van der Waals surface area contributed by atoms with Gasteiger partial charge in [0.2, 0.25) is 0 Å². The molecular formula is C17H16. The first-order chi connectivity index (χ1) is 8.14. The van der Waals surface area contributed by atoms with Gasteiger partial charge in [-0.25, -0.2) is 0 Å².